The number of hydrogen-bond donors (Lipinski definition) is 2. The van der Waals surface area contributed by atoms with Gasteiger partial charge in [0.1, 0.15) is 0 Å². The molecule has 90 valence electrons. The van der Waals surface area contributed by atoms with Crippen LogP contribution in [0.25, 0.3) is 0 Å². The van der Waals surface area contributed by atoms with Gasteiger partial charge in [-0.05, 0) is 42.3 Å². The maximum absolute atomic E-state index is 5.62. The van der Waals surface area contributed by atoms with Crippen LogP contribution in [0.4, 0.5) is 0 Å². The lowest BCUT2D eigenvalue weighted by atomic mass is 10.0. The van der Waals surface area contributed by atoms with Gasteiger partial charge in [-0.25, -0.2) is 0 Å². The second-order valence-corrected chi connectivity index (χ2v) is 5.18. The third-order valence-corrected chi connectivity index (χ3v) is 4.04. The molecule has 1 aromatic carbocycles. The summed E-state index contributed by atoms with van der Waals surface area (Å²) in [6.45, 7) is 2.16. The van der Waals surface area contributed by atoms with Crippen molar-refractivity contribution in [1.29, 1.82) is 0 Å². The van der Waals surface area contributed by atoms with Crippen LogP contribution in [-0.2, 0) is 6.42 Å². The summed E-state index contributed by atoms with van der Waals surface area (Å²) in [7, 11) is 0. The van der Waals surface area contributed by atoms with Gasteiger partial charge in [-0.3, -0.25) is 11.3 Å². The summed E-state index contributed by atoms with van der Waals surface area (Å²) < 4.78 is 0. The second kappa shape index (κ2) is 5.96. The van der Waals surface area contributed by atoms with Gasteiger partial charge in [-0.2, -0.15) is 0 Å². The number of thiophene rings is 1. The van der Waals surface area contributed by atoms with Gasteiger partial charge < -0.3 is 0 Å². The molecule has 0 amide bonds. The fourth-order valence-electron chi connectivity index (χ4n) is 1.99. The molecule has 1 aromatic heterocycles. The highest BCUT2D eigenvalue weighted by molar-refractivity contribution is 7.10. The van der Waals surface area contributed by atoms with Gasteiger partial charge in [0.25, 0.3) is 0 Å². The average Bonchev–Trinajstić information content (AvgIpc) is 2.86. The van der Waals surface area contributed by atoms with Gasteiger partial charge >= 0.3 is 0 Å². The lowest BCUT2D eigenvalue weighted by molar-refractivity contribution is 0.523. The topological polar surface area (TPSA) is 38.0 Å². The highest BCUT2D eigenvalue weighted by Crippen LogP contribution is 2.23. The minimum atomic E-state index is 0.259. The quantitative estimate of drug-likeness (QED) is 0.628. The molecule has 0 aliphatic carbocycles. The number of aryl methyl sites for hydroxylation is 2. The minimum Gasteiger partial charge on any atom is -0.271 e. The van der Waals surface area contributed by atoms with Crippen molar-refractivity contribution in [3.63, 3.8) is 0 Å². The van der Waals surface area contributed by atoms with E-state index in [-0.39, 0.29) is 6.04 Å². The maximum Gasteiger partial charge on any atom is 0.0556 e. The van der Waals surface area contributed by atoms with Crippen LogP contribution in [0.1, 0.15) is 28.5 Å². The predicted molar refractivity (Wildman–Crippen MR) is 73.9 cm³/mol. The van der Waals surface area contributed by atoms with Crippen molar-refractivity contribution in [2.75, 3.05) is 0 Å². The number of nitrogens with two attached hydrogens (primary N) is 1. The first-order valence-electron chi connectivity index (χ1n) is 5.85. The van der Waals surface area contributed by atoms with E-state index in [4.69, 9.17) is 5.84 Å². The van der Waals surface area contributed by atoms with E-state index in [9.17, 15) is 0 Å². The molecule has 0 bridgehead atoms. The van der Waals surface area contributed by atoms with Crippen molar-refractivity contribution in [1.82, 2.24) is 5.43 Å². The van der Waals surface area contributed by atoms with Gasteiger partial charge in [-0.15, -0.1) is 11.3 Å². The van der Waals surface area contributed by atoms with Crippen LogP contribution in [-0.4, -0.2) is 0 Å². The Kier molecular flexibility index (Phi) is 4.31. The lowest BCUT2D eigenvalue weighted by Crippen LogP contribution is -2.27. The number of rotatable bonds is 5. The zero-order chi connectivity index (χ0) is 12.1. The van der Waals surface area contributed by atoms with Gasteiger partial charge in [0.15, 0.2) is 0 Å². The van der Waals surface area contributed by atoms with Crippen LogP contribution >= 0.6 is 11.3 Å². The van der Waals surface area contributed by atoms with Crippen LogP contribution in [0, 0.1) is 6.92 Å². The molecule has 3 heteroatoms. The molecule has 1 unspecified atom stereocenters. The van der Waals surface area contributed by atoms with E-state index in [1.54, 1.807) is 11.3 Å². The molecule has 2 nitrogen and oxygen atoms in total. The molecule has 0 spiro atoms. The number of nitrogens with one attached hydrogen (secondary N) is 1. The molecule has 0 saturated heterocycles. The Morgan fingerprint density at radius 3 is 2.71 bits per heavy atom. The van der Waals surface area contributed by atoms with Gasteiger partial charge in [0.05, 0.1) is 6.04 Å². The van der Waals surface area contributed by atoms with E-state index in [2.05, 4.69) is 54.1 Å². The van der Waals surface area contributed by atoms with E-state index < -0.39 is 0 Å². The van der Waals surface area contributed by atoms with E-state index in [1.807, 2.05) is 0 Å². The second-order valence-electron chi connectivity index (χ2n) is 4.20. The van der Waals surface area contributed by atoms with E-state index in [0.29, 0.717) is 0 Å². The monoisotopic (exact) mass is 246 g/mol. The summed E-state index contributed by atoms with van der Waals surface area (Å²) in [6, 6.07) is 13.0. The Hall–Kier alpha value is -1.16. The molecule has 0 radical (unpaired) electrons. The molecule has 1 atom stereocenters. The molecule has 17 heavy (non-hydrogen) atoms. The lowest BCUT2D eigenvalue weighted by Gasteiger charge is -2.14. The molecular formula is C14H18N2S. The first kappa shape index (κ1) is 12.3. The first-order chi connectivity index (χ1) is 8.31. The Morgan fingerprint density at radius 1 is 1.24 bits per heavy atom. The fraction of sp³-hybridized carbons (Fsp3) is 0.286. The Bertz CT molecular complexity index is 451. The molecule has 0 fully saturated rings. The van der Waals surface area contributed by atoms with Gasteiger partial charge in [0.2, 0.25) is 0 Å². The maximum atomic E-state index is 5.62. The van der Waals surface area contributed by atoms with Crippen molar-refractivity contribution in [2.24, 2.45) is 5.84 Å². The van der Waals surface area contributed by atoms with Crippen molar-refractivity contribution in [3.05, 3.63) is 57.8 Å². The Morgan fingerprint density at radius 2 is 2.06 bits per heavy atom. The highest BCUT2D eigenvalue weighted by Gasteiger charge is 2.10. The standard InChI is InChI=1S/C14H18N2S/c1-11-5-2-3-6-12(11)8-9-13(16-15)14-7-4-10-17-14/h2-7,10,13,16H,8-9,15H2,1H3. The van der Waals surface area contributed by atoms with Crippen LogP contribution in [0.15, 0.2) is 41.8 Å². The summed E-state index contributed by atoms with van der Waals surface area (Å²) in [5.74, 6) is 5.62. The van der Waals surface area contributed by atoms with Crippen LogP contribution in [0.5, 0.6) is 0 Å². The predicted octanol–water partition coefficient (Wildman–Crippen LogP) is 3.19. The first-order valence-corrected chi connectivity index (χ1v) is 6.73. The van der Waals surface area contributed by atoms with E-state index >= 15 is 0 Å². The van der Waals surface area contributed by atoms with Gasteiger partial charge in [-0.1, -0.05) is 30.3 Å². The SMILES string of the molecule is Cc1ccccc1CCC(NN)c1cccs1. The number of hydrazine groups is 1. The number of benzene rings is 1. The number of hydrogen-bond acceptors (Lipinski definition) is 3. The van der Waals surface area contributed by atoms with E-state index in [0.717, 1.165) is 12.8 Å². The zero-order valence-corrected chi connectivity index (χ0v) is 10.8. The molecule has 0 aliphatic heterocycles. The fourth-order valence-corrected chi connectivity index (χ4v) is 2.81. The van der Waals surface area contributed by atoms with Crippen LogP contribution in [0.2, 0.25) is 0 Å². The highest BCUT2D eigenvalue weighted by atomic mass is 32.1. The third-order valence-electron chi connectivity index (χ3n) is 3.05. The van der Waals surface area contributed by atoms with Crippen molar-refractivity contribution < 1.29 is 0 Å². The molecule has 2 aromatic rings. The summed E-state index contributed by atoms with van der Waals surface area (Å²) >= 11 is 1.75. The van der Waals surface area contributed by atoms with Crippen molar-refractivity contribution in [3.8, 4) is 0 Å². The summed E-state index contributed by atoms with van der Waals surface area (Å²) in [4.78, 5) is 1.31. The van der Waals surface area contributed by atoms with Crippen LogP contribution in [0.3, 0.4) is 0 Å². The molecule has 1 heterocycles. The molecule has 3 N–H and O–H groups in total. The average molecular weight is 246 g/mol. The summed E-state index contributed by atoms with van der Waals surface area (Å²) in [6.07, 6.45) is 2.08. The van der Waals surface area contributed by atoms with Crippen LogP contribution < -0.4 is 11.3 Å². The summed E-state index contributed by atoms with van der Waals surface area (Å²) in [5.41, 5.74) is 5.67. The largest absolute Gasteiger partial charge is 0.271 e. The zero-order valence-electron chi connectivity index (χ0n) is 10.0. The normalized spacial score (nSPS) is 12.6. The minimum absolute atomic E-state index is 0.259. The Balaban J connectivity index is 2.00. The molecule has 2 rings (SSSR count). The van der Waals surface area contributed by atoms with Crippen molar-refractivity contribution >= 4 is 11.3 Å². The molecule has 0 saturated carbocycles. The third kappa shape index (κ3) is 3.16. The molecular weight excluding hydrogens is 228 g/mol. The van der Waals surface area contributed by atoms with E-state index in [1.165, 1.54) is 16.0 Å². The van der Waals surface area contributed by atoms with Gasteiger partial charge in [0, 0.05) is 4.88 Å². The van der Waals surface area contributed by atoms with Crippen molar-refractivity contribution in [2.45, 2.75) is 25.8 Å². The smallest absolute Gasteiger partial charge is 0.0556 e. The summed E-state index contributed by atoms with van der Waals surface area (Å²) in [5, 5.41) is 2.09. The molecule has 0 aliphatic rings. The Labute approximate surface area is 106 Å².